The molecule has 0 spiro atoms. The van der Waals surface area contributed by atoms with Crippen molar-refractivity contribution in [1.29, 1.82) is 0 Å². The van der Waals surface area contributed by atoms with Gasteiger partial charge in [-0.15, -0.1) is 0 Å². The molecule has 0 unspecified atom stereocenters. The number of carbonyl (C=O) groups excluding carboxylic acids is 1. The number of nitrogens with zero attached hydrogens (tertiary/aromatic N) is 2. The van der Waals surface area contributed by atoms with E-state index in [0.717, 1.165) is 56.2 Å². The number of nitrogens with two attached hydrogens (primary N) is 2. The molecule has 0 bridgehead atoms. The average molecular weight is 429 g/mol. The standard InChI is InChI=1S/C22H29FN6O2/c23-17-13-16(20(25)30)21(28-22(17)27-19-4-2-1-3-18(19)24)26-14-5-7-15(8-6-14)29-9-11-31-12-10-29/h5-8,13,18-19H,1-4,9-12,24H2,(H2,25,30)(H2,26,27,28)/t18-,19+/m0/s1. The SMILES string of the molecule is NC(=O)c1cc(F)c(N[C@@H]2CCCC[C@@H]2N)nc1Nc1ccc(N2CCOCC2)cc1. The highest BCUT2D eigenvalue weighted by molar-refractivity contribution is 5.98. The highest BCUT2D eigenvalue weighted by atomic mass is 19.1. The topological polar surface area (TPSA) is 119 Å². The van der Waals surface area contributed by atoms with Crippen LogP contribution in [0, 0.1) is 5.82 Å². The number of hydrogen-bond acceptors (Lipinski definition) is 7. The number of benzene rings is 1. The van der Waals surface area contributed by atoms with Crippen LogP contribution in [0.4, 0.5) is 27.4 Å². The maximum Gasteiger partial charge on any atom is 0.252 e. The van der Waals surface area contributed by atoms with E-state index >= 15 is 0 Å². The van der Waals surface area contributed by atoms with Crippen LogP contribution in [0.2, 0.25) is 0 Å². The Kier molecular flexibility index (Phi) is 6.53. The number of anilines is 4. The number of amides is 1. The number of carbonyl (C=O) groups is 1. The Labute approximate surface area is 181 Å². The van der Waals surface area contributed by atoms with E-state index in [4.69, 9.17) is 16.2 Å². The second-order valence-corrected chi connectivity index (χ2v) is 8.05. The number of hydrogen-bond donors (Lipinski definition) is 4. The van der Waals surface area contributed by atoms with Gasteiger partial charge in [-0.05, 0) is 43.2 Å². The Hall–Kier alpha value is -2.91. The van der Waals surface area contributed by atoms with E-state index in [1.165, 1.54) is 0 Å². The summed E-state index contributed by atoms with van der Waals surface area (Å²) in [6, 6.07) is 8.76. The zero-order valence-corrected chi connectivity index (χ0v) is 17.4. The third-order valence-corrected chi connectivity index (χ3v) is 5.89. The number of rotatable bonds is 6. The maximum absolute atomic E-state index is 14.7. The van der Waals surface area contributed by atoms with Gasteiger partial charge in [-0.25, -0.2) is 9.37 Å². The zero-order chi connectivity index (χ0) is 21.8. The molecule has 9 heteroatoms. The molecule has 2 heterocycles. The molecule has 1 aliphatic carbocycles. The first-order valence-electron chi connectivity index (χ1n) is 10.7. The number of nitrogens with one attached hydrogen (secondary N) is 2. The van der Waals surface area contributed by atoms with Gasteiger partial charge in [0, 0.05) is 36.5 Å². The Balaban J connectivity index is 1.55. The van der Waals surface area contributed by atoms with Gasteiger partial charge in [-0.3, -0.25) is 4.79 Å². The number of ether oxygens (including phenoxy) is 1. The lowest BCUT2D eigenvalue weighted by Gasteiger charge is -2.30. The zero-order valence-electron chi connectivity index (χ0n) is 17.4. The van der Waals surface area contributed by atoms with Gasteiger partial charge in [0.25, 0.3) is 5.91 Å². The van der Waals surface area contributed by atoms with Crippen molar-refractivity contribution in [1.82, 2.24) is 4.98 Å². The molecular weight excluding hydrogens is 399 g/mol. The summed E-state index contributed by atoms with van der Waals surface area (Å²) in [5.41, 5.74) is 13.5. The average Bonchev–Trinajstić information content (AvgIpc) is 2.78. The van der Waals surface area contributed by atoms with Crippen molar-refractivity contribution in [3.63, 3.8) is 0 Å². The molecule has 1 amide bonds. The summed E-state index contributed by atoms with van der Waals surface area (Å²) in [4.78, 5) is 18.5. The lowest BCUT2D eigenvalue weighted by Crippen LogP contribution is -2.43. The first kappa shape index (κ1) is 21.3. The minimum Gasteiger partial charge on any atom is -0.378 e. The summed E-state index contributed by atoms with van der Waals surface area (Å²) in [5, 5.41) is 6.23. The summed E-state index contributed by atoms with van der Waals surface area (Å²) >= 11 is 0. The fourth-order valence-electron chi connectivity index (χ4n) is 4.10. The van der Waals surface area contributed by atoms with Crippen LogP contribution < -0.4 is 27.0 Å². The van der Waals surface area contributed by atoms with Crippen molar-refractivity contribution >= 4 is 28.9 Å². The van der Waals surface area contributed by atoms with E-state index in [2.05, 4.69) is 20.5 Å². The number of aromatic nitrogens is 1. The molecule has 1 saturated carbocycles. The Morgan fingerprint density at radius 1 is 1.13 bits per heavy atom. The molecule has 1 aromatic heterocycles. The van der Waals surface area contributed by atoms with E-state index in [-0.39, 0.29) is 29.3 Å². The summed E-state index contributed by atoms with van der Waals surface area (Å²) in [5.74, 6) is -1.10. The Morgan fingerprint density at radius 3 is 2.52 bits per heavy atom. The predicted octanol–water partition coefficient (Wildman–Crippen LogP) is 2.58. The molecule has 31 heavy (non-hydrogen) atoms. The molecule has 8 nitrogen and oxygen atoms in total. The minimum atomic E-state index is -0.750. The molecule has 2 fully saturated rings. The first-order valence-corrected chi connectivity index (χ1v) is 10.7. The number of pyridine rings is 1. The minimum absolute atomic E-state index is 0.00625. The third kappa shape index (κ3) is 5.05. The van der Waals surface area contributed by atoms with Gasteiger partial charge < -0.3 is 31.7 Å². The molecule has 166 valence electrons. The molecule has 1 aromatic carbocycles. The summed E-state index contributed by atoms with van der Waals surface area (Å²) < 4.78 is 20.0. The van der Waals surface area contributed by atoms with Gasteiger partial charge in [0.15, 0.2) is 11.6 Å². The van der Waals surface area contributed by atoms with Gasteiger partial charge in [-0.2, -0.15) is 0 Å². The number of morpholine rings is 1. The molecule has 2 aliphatic rings. The van der Waals surface area contributed by atoms with Crippen molar-refractivity contribution in [2.75, 3.05) is 41.8 Å². The number of halogens is 1. The summed E-state index contributed by atoms with van der Waals surface area (Å²) in [6.07, 6.45) is 3.85. The van der Waals surface area contributed by atoms with Crippen molar-refractivity contribution in [2.24, 2.45) is 11.5 Å². The van der Waals surface area contributed by atoms with Crippen LogP contribution >= 0.6 is 0 Å². The van der Waals surface area contributed by atoms with E-state index in [9.17, 15) is 9.18 Å². The Bertz CT molecular complexity index is 917. The van der Waals surface area contributed by atoms with Gasteiger partial charge in [0.1, 0.15) is 5.82 Å². The van der Waals surface area contributed by atoms with Crippen molar-refractivity contribution < 1.29 is 13.9 Å². The van der Waals surface area contributed by atoms with E-state index in [1.54, 1.807) is 0 Å². The van der Waals surface area contributed by atoms with Crippen LogP contribution in [0.3, 0.4) is 0 Å². The van der Waals surface area contributed by atoms with Gasteiger partial charge in [0.05, 0.1) is 18.8 Å². The van der Waals surface area contributed by atoms with E-state index in [1.807, 2.05) is 24.3 Å². The second-order valence-electron chi connectivity index (χ2n) is 8.05. The van der Waals surface area contributed by atoms with Gasteiger partial charge in [0.2, 0.25) is 0 Å². The molecular formula is C22H29FN6O2. The summed E-state index contributed by atoms with van der Waals surface area (Å²) in [6.45, 7) is 3.11. The van der Waals surface area contributed by atoms with Crippen molar-refractivity contribution in [3.05, 3.63) is 41.7 Å². The normalized spacial score (nSPS) is 21.5. The fourth-order valence-corrected chi connectivity index (χ4v) is 4.10. The molecule has 4 rings (SSSR count). The van der Waals surface area contributed by atoms with Crippen molar-refractivity contribution in [2.45, 2.75) is 37.8 Å². The molecule has 1 aliphatic heterocycles. The highest BCUT2D eigenvalue weighted by Crippen LogP contribution is 2.27. The van der Waals surface area contributed by atoms with Crippen LogP contribution in [0.5, 0.6) is 0 Å². The summed E-state index contributed by atoms with van der Waals surface area (Å²) in [7, 11) is 0. The second kappa shape index (κ2) is 9.49. The molecule has 2 aromatic rings. The largest absolute Gasteiger partial charge is 0.378 e. The van der Waals surface area contributed by atoms with Gasteiger partial charge >= 0.3 is 0 Å². The lowest BCUT2D eigenvalue weighted by molar-refractivity contribution is 0.100. The molecule has 0 radical (unpaired) electrons. The Morgan fingerprint density at radius 2 is 1.84 bits per heavy atom. The lowest BCUT2D eigenvalue weighted by atomic mass is 9.91. The van der Waals surface area contributed by atoms with Gasteiger partial charge in [-0.1, -0.05) is 12.8 Å². The van der Waals surface area contributed by atoms with E-state index < -0.39 is 11.7 Å². The van der Waals surface area contributed by atoms with Crippen LogP contribution in [-0.4, -0.2) is 49.3 Å². The molecule has 2 atom stereocenters. The number of primary amides is 1. The molecule has 1 saturated heterocycles. The van der Waals surface area contributed by atoms with Crippen LogP contribution in [-0.2, 0) is 4.74 Å². The first-order chi connectivity index (χ1) is 15.0. The quantitative estimate of drug-likeness (QED) is 0.558. The van der Waals surface area contributed by atoms with Crippen molar-refractivity contribution in [3.8, 4) is 0 Å². The highest BCUT2D eigenvalue weighted by Gasteiger charge is 2.24. The van der Waals surface area contributed by atoms with E-state index in [0.29, 0.717) is 13.2 Å². The van der Waals surface area contributed by atoms with Crippen LogP contribution in [0.25, 0.3) is 0 Å². The van der Waals surface area contributed by atoms with Crippen LogP contribution in [0.15, 0.2) is 30.3 Å². The fraction of sp³-hybridized carbons (Fsp3) is 0.455. The third-order valence-electron chi connectivity index (χ3n) is 5.89. The monoisotopic (exact) mass is 428 g/mol. The smallest absolute Gasteiger partial charge is 0.252 e. The predicted molar refractivity (Wildman–Crippen MR) is 119 cm³/mol. The van der Waals surface area contributed by atoms with Crippen LogP contribution in [0.1, 0.15) is 36.0 Å². The maximum atomic E-state index is 14.7. The molecule has 6 N–H and O–H groups in total.